The highest BCUT2D eigenvalue weighted by Crippen LogP contribution is 2.28. The lowest BCUT2D eigenvalue weighted by Crippen LogP contribution is -2.49. The number of hydrogen-bond donors (Lipinski definition) is 1. The van der Waals surface area contributed by atoms with Gasteiger partial charge in [-0.1, -0.05) is 26.2 Å². The van der Waals surface area contributed by atoms with Crippen molar-refractivity contribution in [1.29, 1.82) is 0 Å². The van der Waals surface area contributed by atoms with Crippen molar-refractivity contribution in [2.45, 2.75) is 45.1 Å². The number of guanidine groups is 1. The summed E-state index contributed by atoms with van der Waals surface area (Å²) in [5, 5.41) is 3.57. The van der Waals surface area contributed by atoms with Crippen molar-refractivity contribution in [3.8, 4) is 0 Å². The molecule has 1 saturated heterocycles. The van der Waals surface area contributed by atoms with Gasteiger partial charge >= 0.3 is 5.97 Å². The zero-order valence-electron chi connectivity index (χ0n) is 16.6. The zero-order valence-corrected chi connectivity index (χ0v) is 16.6. The van der Waals surface area contributed by atoms with Crippen LogP contribution in [0, 0.1) is 17.8 Å². The molecule has 1 aliphatic heterocycles. The van der Waals surface area contributed by atoms with Crippen LogP contribution in [-0.4, -0.2) is 75.7 Å². The van der Waals surface area contributed by atoms with Crippen LogP contribution in [0.5, 0.6) is 0 Å². The van der Waals surface area contributed by atoms with E-state index >= 15 is 0 Å². The molecule has 0 spiro atoms. The summed E-state index contributed by atoms with van der Waals surface area (Å²) in [6.45, 7) is 4.54. The molecule has 0 aromatic carbocycles. The minimum absolute atomic E-state index is 0.0634. The highest BCUT2D eigenvalue weighted by Gasteiger charge is 2.37. The molecule has 1 N–H and O–H groups in total. The molecule has 2 fully saturated rings. The number of carbonyl (C=O) groups excluding carboxylic acids is 1. The molecule has 1 saturated carbocycles. The number of likely N-dealkylation sites (N-methyl/N-ethyl adjacent to an activating group) is 1. The van der Waals surface area contributed by atoms with E-state index in [0.29, 0.717) is 12.6 Å². The van der Waals surface area contributed by atoms with Crippen molar-refractivity contribution in [2.75, 3.05) is 47.9 Å². The Hall–Kier alpha value is -1.30. The quantitative estimate of drug-likeness (QED) is 0.465. The maximum Gasteiger partial charge on any atom is 0.310 e. The zero-order chi connectivity index (χ0) is 18.4. The maximum absolute atomic E-state index is 11.9. The molecule has 0 amide bonds. The highest BCUT2D eigenvalue weighted by atomic mass is 16.5. The van der Waals surface area contributed by atoms with Crippen molar-refractivity contribution >= 4 is 11.9 Å². The Kier molecular flexibility index (Phi) is 7.54. The number of hydrogen-bond acceptors (Lipinski definition) is 4. The number of methoxy groups -OCH3 is 1. The van der Waals surface area contributed by atoms with Crippen LogP contribution < -0.4 is 5.32 Å². The lowest BCUT2D eigenvalue weighted by molar-refractivity contribution is -0.145. The number of ether oxygens (including phenoxy) is 1. The highest BCUT2D eigenvalue weighted by molar-refractivity contribution is 5.82. The monoisotopic (exact) mass is 352 g/mol. The molecule has 3 atom stereocenters. The van der Waals surface area contributed by atoms with E-state index in [0.717, 1.165) is 25.0 Å². The standard InChI is InChI=1S/C19H36N4O2/c1-14-12-23(13-16(14)18(24)25-5)19(20-2)21-11-17(22(3)4)15-9-7-6-8-10-15/h14-17H,6-13H2,1-5H3,(H,20,21). The molecule has 6 heteroatoms. The van der Waals surface area contributed by atoms with E-state index in [-0.39, 0.29) is 17.8 Å². The molecule has 0 radical (unpaired) electrons. The van der Waals surface area contributed by atoms with E-state index in [1.54, 1.807) is 0 Å². The Balaban J connectivity index is 1.93. The van der Waals surface area contributed by atoms with E-state index in [9.17, 15) is 4.79 Å². The van der Waals surface area contributed by atoms with Crippen LogP contribution in [0.25, 0.3) is 0 Å². The van der Waals surface area contributed by atoms with Crippen LogP contribution in [0.2, 0.25) is 0 Å². The van der Waals surface area contributed by atoms with Crippen LogP contribution in [0.1, 0.15) is 39.0 Å². The van der Waals surface area contributed by atoms with E-state index in [1.165, 1.54) is 39.2 Å². The van der Waals surface area contributed by atoms with E-state index in [2.05, 4.69) is 41.1 Å². The Morgan fingerprint density at radius 3 is 2.52 bits per heavy atom. The second-order valence-corrected chi connectivity index (χ2v) is 7.87. The molecule has 0 aromatic rings. The number of nitrogens with one attached hydrogen (secondary N) is 1. The first kappa shape index (κ1) is 20.0. The van der Waals surface area contributed by atoms with Gasteiger partial charge in [0.15, 0.2) is 5.96 Å². The molecule has 6 nitrogen and oxygen atoms in total. The second-order valence-electron chi connectivity index (χ2n) is 7.87. The Bertz CT molecular complexity index is 460. The van der Waals surface area contributed by atoms with Crippen LogP contribution >= 0.6 is 0 Å². The molecule has 1 heterocycles. The van der Waals surface area contributed by atoms with Gasteiger partial charge < -0.3 is 19.9 Å². The lowest BCUT2D eigenvalue weighted by Gasteiger charge is -2.36. The number of likely N-dealkylation sites (tertiary alicyclic amines) is 1. The van der Waals surface area contributed by atoms with Crippen LogP contribution in [0.3, 0.4) is 0 Å². The smallest absolute Gasteiger partial charge is 0.310 e. The van der Waals surface area contributed by atoms with E-state index in [4.69, 9.17) is 4.74 Å². The van der Waals surface area contributed by atoms with E-state index < -0.39 is 0 Å². The fourth-order valence-corrected chi connectivity index (χ4v) is 4.42. The van der Waals surface area contributed by atoms with Gasteiger partial charge in [0.1, 0.15) is 0 Å². The van der Waals surface area contributed by atoms with Crippen LogP contribution in [0.4, 0.5) is 0 Å². The largest absolute Gasteiger partial charge is 0.469 e. The molecule has 3 unspecified atom stereocenters. The first-order valence-corrected chi connectivity index (χ1v) is 9.67. The van der Waals surface area contributed by atoms with Gasteiger partial charge in [-0.3, -0.25) is 9.79 Å². The van der Waals surface area contributed by atoms with Gasteiger partial charge in [0.25, 0.3) is 0 Å². The summed E-state index contributed by atoms with van der Waals surface area (Å²) in [7, 11) is 7.64. The van der Waals surface area contributed by atoms with Crippen molar-refractivity contribution in [3.05, 3.63) is 0 Å². The fraction of sp³-hybridized carbons (Fsp3) is 0.895. The third-order valence-electron chi connectivity index (χ3n) is 5.95. The van der Waals surface area contributed by atoms with Gasteiger partial charge in [0.05, 0.1) is 13.0 Å². The third-order valence-corrected chi connectivity index (χ3v) is 5.95. The molecule has 2 rings (SSSR count). The fourth-order valence-electron chi connectivity index (χ4n) is 4.42. The molecule has 2 aliphatic rings. The molecule has 144 valence electrons. The lowest BCUT2D eigenvalue weighted by atomic mass is 9.83. The number of nitrogens with zero attached hydrogens (tertiary/aromatic N) is 3. The van der Waals surface area contributed by atoms with Gasteiger partial charge in [-0.15, -0.1) is 0 Å². The summed E-state index contributed by atoms with van der Waals surface area (Å²) in [5.41, 5.74) is 0. The summed E-state index contributed by atoms with van der Waals surface area (Å²) in [6.07, 6.45) is 6.75. The average molecular weight is 353 g/mol. The molecular weight excluding hydrogens is 316 g/mol. The predicted molar refractivity (Wildman–Crippen MR) is 102 cm³/mol. The third kappa shape index (κ3) is 5.09. The van der Waals surface area contributed by atoms with Gasteiger partial charge in [-0.2, -0.15) is 0 Å². The molecule has 25 heavy (non-hydrogen) atoms. The first-order valence-electron chi connectivity index (χ1n) is 9.67. The minimum atomic E-state index is -0.112. The van der Waals surface area contributed by atoms with Gasteiger partial charge in [0.2, 0.25) is 0 Å². The second kappa shape index (κ2) is 9.41. The topological polar surface area (TPSA) is 57.2 Å². The van der Waals surface area contributed by atoms with Gasteiger partial charge in [-0.05, 0) is 38.8 Å². The summed E-state index contributed by atoms with van der Waals surface area (Å²) in [4.78, 5) is 20.9. The normalized spacial score (nSPS) is 26.8. The average Bonchev–Trinajstić information content (AvgIpc) is 3.00. The van der Waals surface area contributed by atoms with E-state index in [1.807, 2.05) is 7.05 Å². The van der Waals surface area contributed by atoms with Crippen LogP contribution in [0.15, 0.2) is 4.99 Å². The summed E-state index contributed by atoms with van der Waals surface area (Å²) in [6, 6.07) is 0.522. The van der Waals surface area contributed by atoms with Crippen molar-refractivity contribution < 1.29 is 9.53 Å². The Labute approximate surface area is 153 Å². The SMILES string of the molecule is CN=C(NCC(C1CCCCC1)N(C)C)N1CC(C)C(C(=O)OC)C1. The summed E-state index contributed by atoms with van der Waals surface area (Å²) in [5.74, 6) is 1.77. The van der Waals surface area contributed by atoms with Crippen molar-refractivity contribution in [1.82, 2.24) is 15.1 Å². The minimum Gasteiger partial charge on any atom is -0.469 e. The maximum atomic E-state index is 11.9. The number of aliphatic imine (C=N–C) groups is 1. The molecular formula is C19H36N4O2. The number of esters is 1. The summed E-state index contributed by atoms with van der Waals surface area (Å²) < 4.78 is 4.94. The summed E-state index contributed by atoms with van der Waals surface area (Å²) >= 11 is 0. The Morgan fingerprint density at radius 1 is 1.28 bits per heavy atom. The first-order chi connectivity index (χ1) is 12.0. The number of rotatable bonds is 5. The molecule has 0 bridgehead atoms. The van der Waals surface area contributed by atoms with Gasteiger partial charge in [-0.25, -0.2) is 0 Å². The predicted octanol–water partition coefficient (Wildman–Crippen LogP) is 1.81. The molecule has 0 aromatic heterocycles. The van der Waals surface area contributed by atoms with Gasteiger partial charge in [0, 0.05) is 32.7 Å². The van der Waals surface area contributed by atoms with Crippen molar-refractivity contribution in [2.24, 2.45) is 22.7 Å². The van der Waals surface area contributed by atoms with Crippen molar-refractivity contribution in [3.63, 3.8) is 0 Å². The number of carbonyl (C=O) groups is 1. The molecule has 1 aliphatic carbocycles. The Morgan fingerprint density at radius 2 is 1.96 bits per heavy atom. The van der Waals surface area contributed by atoms with Crippen LogP contribution in [-0.2, 0) is 9.53 Å².